The third kappa shape index (κ3) is 4.79. The molecule has 0 saturated heterocycles. The molecule has 0 fully saturated rings. The number of carbonyl (C=O) groups is 1. The normalized spacial score (nSPS) is 11.7. The van der Waals surface area contributed by atoms with Gasteiger partial charge < -0.3 is 9.26 Å². The lowest BCUT2D eigenvalue weighted by molar-refractivity contribution is 0.0429. The van der Waals surface area contributed by atoms with Crippen LogP contribution in [0.1, 0.15) is 30.1 Å². The number of benzene rings is 1. The Balaban J connectivity index is 1.67. The first kappa shape index (κ1) is 19.2. The summed E-state index contributed by atoms with van der Waals surface area (Å²) in [6.07, 6.45) is 0. The molecule has 0 amide bonds. The van der Waals surface area contributed by atoms with E-state index in [0.29, 0.717) is 5.82 Å². The number of aromatic nitrogens is 2. The highest BCUT2D eigenvalue weighted by molar-refractivity contribution is 7.89. The second-order valence-electron chi connectivity index (χ2n) is 5.90. The smallest absolute Gasteiger partial charge is 0.338 e. The van der Waals surface area contributed by atoms with E-state index in [1.54, 1.807) is 13.8 Å². The van der Waals surface area contributed by atoms with Gasteiger partial charge in [0.1, 0.15) is 0 Å². The van der Waals surface area contributed by atoms with Crippen molar-refractivity contribution in [1.82, 2.24) is 14.9 Å². The van der Waals surface area contributed by atoms with Crippen molar-refractivity contribution < 1.29 is 22.5 Å². The molecule has 0 radical (unpaired) electrons. The summed E-state index contributed by atoms with van der Waals surface area (Å²) in [5, 5.41) is 7.59. The van der Waals surface area contributed by atoms with Crippen LogP contribution in [-0.2, 0) is 21.4 Å². The van der Waals surface area contributed by atoms with Gasteiger partial charge in [-0.05, 0) is 43.5 Å². The minimum Gasteiger partial charge on any atom is -0.452 e. The Labute approximate surface area is 160 Å². The van der Waals surface area contributed by atoms with Crippen LogP contribution in [0.15, 0.2) is 50.5 Å². The van der Waals surface area contributed by atoms with Gasteiger partial charge in [0.05, 0.1) is 10.5 Å². The van der Waals surface area contributed by atoms with Crippen molar-refractivity contribution in [3.8, 4) is 11.4 Å². The molecule has 0 aliphatic heterocycles. The molecule has 2 aromatic heterocycles. The largest absolute Gasteiger partial charge is 0.452 e. The van der Waals surface area contributed by atoms with Gasteiger partial charge in [-0.25, -0.2) is 17.9 Å². The second kappa shape index (κ2) is 7.99. The van der Waals surface area contributed by atoms with Crippen LogP contribution in [0.4, 0.5) is 0 Å². The first-order valence-corrected chi connectivity index (χ1v) is 10.4. The van der Waals surface area contributed by atoms with Crippen molar-refractivity contribution in [2.75, 3.05) is 0 Å². The fourth-order valence-electron chi connectivity index (χ4n) is 2.20. The number of sulfonamides is 1. The van der Waals surface area contributed by atoms with Gasteiger partial charge in [-0.1, -0.05) is 11.2 Å². The third-order valence-corrected chi connectivity index (χ3v) is 5.68. The Morgan fingerprint density at radius 3 is 2.85 bits per heavy atom. The van der Waals surface area contributed by atoms with Crippen LogP contribution < -0.4 is 4.72 Å². The van der Waals surface area contributed by atoms with Gasteiger partial charge in [0, 0.05) is 17.0 Å². The van der Waals surface area contributed by atoms with Gasteiger partial charge in [-0.3, -0.25) is 0 Å². The van der Waals surface area contributed by atoms with Crippen LogP contribution in [0.2, 0.25) is 0 Å². The number of rotatable bonds is 7. The SMILES string of the molecule is CC(C)NS(=O)(=O)c1cccc(C(=O)OCc2nc(-c3ccsc3)no2)c1. The monoisotopic (exact) mass is 407 g/mol. The van der Waals surface area contributed by atoms with Crippen LogP contribution in [0.5, 0.6) is 0 Å². The van der Waals surface area contributed by atoms with Crippen molar-refractivity contribution in [2.24, 2.45) is 0 Å². The fourth-order valence-corrected chi connectivity index (χ4v) is 4.13. The molecular weight excluding hydrogens is 390 g/mol. The second-order valence-corrected chi connectivity index (χ2v) is 8.40. The zero-order chi connectivity index (χ0) is 19.4. The topological polar surface area (TPSA) is 111 Å². The van der Waals surface area contributed by atoms with E-state index < -0.39 is 16.0 Å². The standard InChI is InChI=1S/C17H17N3O5S2/c1-11(2)20-27(22,23)14-5-3-4-12(8-14)17(21)24-9-15-18-16(19-25-15)13-6-7-26-10-13/h3-8,10-11,20H,9H2,1-2H3. The molecule has 0 unspecified atom stereocenters. The van der Waals surface area contributed by atoms with Crippen molar-refractivity contribution in [3.05, 3.63) is 52.5 Å². The van der Waals surface area contributed by atoms with Gasteiger partial charge in [-0.15, -0.1) is 0 Å². The first-order valence-electron chi connectivity index (χ1n) is 8.00. The van der Waals surface area contributed by atoms with Crippen LogP contribution >= 0.6 is 11.3 Å². The summed E-state index contributed by atoms with van der Waals surface area (Å²) in [4.78, 5) is 16.4. The number of esters is 1. The summed E-state index contributed by atoms with van der Waals surface area (Å²) in [5.74, 6) is -0.128. The molecule has 3 rings (SSSR count). The minimum atomic E-state index is -3.70. The Morgan fingerprint density at radius 2 is 2.15 bits per heavy atom. The maximum absolute atomic E-state index is 12.2. The number of carbonyl (C=O) groups excluding carboxylic acids is 1. The summed E-state index contributed by atoms with van der Waals surface area (Å²) in [5.41, 5.74) is 0.927. The zero-order valence-electron chi connectivity index (χ0n) is 14.6. The molecule has 8 nitrogen and oxygen atoms in total. The summed E-state index contributed by atoms with van der Waals surface area (Å²) in [6.45, 7) is 3.21. The van der Waals surface area contributed by atoms with Crippen LogP contribution in [0, 0.1) is 0 Å². The highest BCUT2D eigenvalue weighted by Crippen LogP contribution is 2.19. The summed E-state index contributed by atoms with van der Waals surface area (Å²) < 4.78 is 37.1. The number of nitrogens with one attached hydrogen (secondary N) is 1. The average molecular weight is 407 g/mol. The van der Waals surface area contributed by atoms with E-state index in [4.69, 9.17) is 9.26 Å². The number of hydrogen-bond donors (Lipinski definition) is 1. The molecule has 1 N–H and O–H groups in total. The average Bonchev–Trinajstić information content (AvgIpc) is 3.30. The van der Waals surface area contributed by atoms with E-state index in [-0.39, 0.29) is 29.0 Å². The van der Waals surface area contributed by atoms with E-state index in [0.717, 1.165) is 5.56 Å². The van der Waals surface area contributed by atoms with Crippen LogP contribution in [0.3, 0.4) is 0 Å². The maximum atomic E-state index is 12.2. The van der Waals surface area contributed by atoms with Crippen molar-refractivity contribution >= 4 is 27.3 Å². The van der Waals surface area contributed by atoms with Crippen molar-refractivity contribution in [3.63, 3.8) is 0 Å². The van der Waals surface area contributed by atoms with Gasteiger partial charge in [0.15, 0.2) is 6.61 Å². The molecule has 27 heavy (non-hydrogen) atoms. The van der Waals surface area contributed by atoms with E-state index >= 15 is 0 Å². The molecule has 0 spiro atoms. The lowest BCUT2D eigenvalue weighted by atomic mass is 10.2. The van der Waals surface area contributed by atoms with E-state index in [1.165, 1.54) is 35.6 Å². The molecular formula is C17H17N3O5S2. The Bertz CT molecular complexity index is 1030. The molecule has 142 valence electrons. The zero-order valence-corrected chi connectivity index (χ0v) is 16.2. The van der Waals surface area contributed by atoms with Crippen molar-refractivity contribution in [1.29, 1.82) is 0 Å². The molecule has 2 heterocycles. The summed E-state index contributed by atoms with van der Waals surface area (Å²) >= 11 is 1.50. The molecule has 0 aliphatic rings. The number of hydrogen-bond acceptors (Lipinski definition) is 8. The highest BCUT2D eigenvalue weighted by Gasteiger charge is 2.18. The minimum absolute atomic E-state index is 0.0109. The molecule has 0 saturated carbocycles. The van der Waals surface area contributed by atoms with Crippen molar-refractivity contribution in [2.45, 2.75) is 31.4 Å². The number of ether oxygens (including phenoxy) is 1. The fraction of sp³-hybridized carbons (Fsp3) is 0.235. The molecule has 10 heteroatoms. The lowest BCUT2D eigenvalue weighted by Crippen LogP contribution is -2.30. The van der Waals surface area contributed by atoms with Gasteiger partial charge in [-0.2, -0.15) is 16.3 Å². The number of thiophene rings is 1. The van der Waals surface area contributed by atoms with E-state index in [9.17, 15) is 13.2 Å². The van der Waals surface area contributed by atoms with E-state index in [2.05, 4.69) is 14.9 Å². The van der Waals surface area contributed by atoms with Gasteiger partial charge in [0.25, 0.3) is 5.89 Å². The van der Waals surface area contributed by atoms with Gasteiger partial charge >= 0.3 is 5.97 Å². The first-order chi connectivity index (χ1) is 12.8. The molecule has 0 atom stereocenters. The molecule has 0 bridgehead atoms. The Hall–Kier alpha value is -2.56. The quantitative estimate of drug-likeness (QED) is 0.599. The Morgan fingerprint density at radius 1 is 1.33 bits per heavy atom. The van der Waals surface area contributed by atoms with Crippen LogP contribution in [0.25, 0.3) is 11.4 Å². The predicted molar refractivity (Wildman–Crippen MR) is 98.6 cm³/mol. The van der Waals surface area contributed by atoms with Gasteiger partial charge in [0.2, 0.25) is 15.8 Å². The maximum Gasteiger partial charge on any atom is 0.338 e. The van der Waals surface area contributed by atoms with E-state index in [1.807, 2.05) is 16.8 Å². The lowest BCUT2D eigenvalue weighted by Gasteiger charge is -2.10. The summed E-state index contributed by atoms with van der Waals surface area (Å²) in [7, 11) is -3.70. The summed E-state index contributed by atoms with van der Waals surface area (Å²) in [6, 6.07) is 7.21. The number of nitrogens with zero attached hydrogens (tertiary/aromatic N) is 2. The Kier molecular flexibility index (Phi) is 5.68. The molecule has 0 aliphatic carbocycles. The molecule has 3 aromatic rings. The van der Waals surface area contributed by atoms with Crippen LogP contribution in [-0.4, -0.2) is 30.6 Å². The molecule has 1 aromatic carbocycles. The third-order valence-electron chi connectivity index (χ3n) is 3.35. The predicted octanol–water partition coefficient (Wildman–Crippen LogP) is 2.84. The highest BCUT2D eigenvalue weighted by atomic mass is 32.2.